The second-order valence-electron chi connectivity index (χ2n) is 7.84. The number of hydrogen-bond acceptors (Lipinski definition) is 3. The highest BCUT2D eigenvalue weighted by atomic mass is 35.5. The maximum atomic E-state index is 13.1. The summed E-state index contributed by atoms with van der Waals surface area (Å²) in [6.07, 6.45) is 2.69. The van der Waals surface area contributed by atoms with Crippen LogP contribution in [0.5, 0.6) is 5.75 Å². The molecule has 0 aliphatic carbocycles. The third-order valence-corrected chi connectivity index (χ3v) is 5.76. The lowest BCUT2D eigenvalue weighted by Crippen LogP contribution is -2.47. The van der Waals surface area contributed by atoms with E-state index < -0.39 is 6.04 Å². The van der Waals surface area contributed by atoms with Gasteiger partial charge in [0.05, 0.1) is 6.61 Å². The second-order valence-corrected chi connectivity index (χ2v) is 8.69. The van der Waals surface area contributed by atoms with Gasteiger partial charge in [0.15, 0.2) is 0 Å². The molecule has 0 saturated heterocycles. The van der Waals surface area contributed by atoms with E-state index in [2.05, 4.69) is 12.2 Å². The van der Waals surface area contributed by atoms with Crippen molar-refractivity contribution < 1.29 is 14.3 Å². The zero-order valence-corrected chi connectivity index (χ0v) is 20.5. The lowest BCUT2D eigenvalue weighted by atomic mass is 10.1. The van der Waals surface area contributed by atoms with Gasteiger partial charge in [0.25, 0.3) is 0 Å². The van der Waals surface area contributed by atoms with E-state index in [4.69, 9.17) is 27.9 Å². The van der Waals surface area contributed by atoms with Crippen molar-refractivity contribution in [2.45, 2.75) is 59.0 Å². The number of aryl methyl sites for hydroxylation is 1. The van der Waals surface area contributed by atoms with Crippen LogP contribution in [0.4, 0.5) is 0 Å². The van der Waals surface area contributed by atoms with E-state index in [1.807, 2.05) is 31.2 Å². The quantitative estimate of drug-likeness (QED) is 0.392. The highest BCUT2D eigenvalue weighted by Gasteiger charge is 2.26. The van der Waals surface area contributed by atoms with Crippen LogP contribution in [0, 0.1) is 6.92 Å². The first-order valence-electron chi connectivity index (χ1n) is 11.0. The van der Waals surface area contributed by atoms with Crippen molar-refractivity contribution in [1.82, 2.24) is 10.2 Å². The average Bonchev–Trinajstić information content (AvgIpc) is 2.77. The molecule has 0 aliphatic rings. The summed E-state index contributed by atoms with van der Waals surface area (Å²) in [4.78, 5) is 27.3. The molecule has 0 bridgehead atoms. The minimum atomic E-state index is -0.621. The largest absolute Gasteiger partial charge is 0.494 e. The molecule has 2 rings (SSSR count). The molecule has 1 N–H and O–H groups in total. The summed E-state index contributed by atoms with van der Waals surface area (Å²) in [7, 11) is 0. The van der Waals surface area contributed by atoms with Crippen molar-refractivity contribution in [3.63, 3.8) is 0 Å². The number of halogens is 2. The Hall–Kier alpha value is -2.24. The smallest absolute Gasteiger partial charge is 0.242 e. The second kappa shape index (κ2) is 13.3. The normalized spacial score (nSPS) is 11.7. The number of rotatable bonds is 12. The Kier molecular flexibility index (Phi) is 10.8. The predicted octanol–water partition coefficient (Wildman–Crippen LogP) is 5.79. The minimum absolute atomic E-state index is 0.123. The van der Waals surface area contributed by atoms with E-state index in [9.17, 15) is 9.59 Å². The van der Waals surface area contributed by atoms with Crippen LogP contribution in [0.25, 0.3) is 0 Å². The number of amides is 2. The van der Waals surface area contributed by atoms with E-state index in [0.717, 1.165) is 29.7 Å². The van der Waals surface area contributed by atoms with Gasteiger partial charge >= 0.3 is 0 Å². The van der Waals surface area contributed by atoms with Crippen LogP contribution >= 0.6 is 23.2 Å². The Balaban J connectivity index is 2.01. The first kappa shape index (κ1) is 26.0. The lowest BCUT2D eigenvalue weighted by molar-refractivity contribution is -0.140. The number of unbranched alkanes of at least 4 members (excludes halogenated alkanes) is 1. The summed E-state index contributed by atoms with van der Waals surface area (Å²) in [5.41, 5.74) is 1.91. The Morgan fingerprint density at radius 3 is 2.47 bits per heavy atom. The Labute approximate surface area is 201 Å². The van der Waals surface area contributed by atoms with Gasteiger partial charge in [-0.1, -0.05) is 60.3 Å². The molecule has 0 spiro atoms. The number of nitrogens with zero attached hydrogens (tertiary/aromatic N) is 1. The number of carbonyl (C=O) groups excluding carboxylic acids is 2. The molecule has 0 aromatic heterocycles. The van der Waals surface area contributed by atoms with Gasteiger partial charge in [0.1, 0.15) is 11.8 Å². The molecule has 5 nitrogen and oxygen atoms in total. The topological polar surface area (TPSA) is 58.6 Å². The van der Waals surface area contributed by atoms with Gasteiger partial charge in [-0.25, -0.2) is 0 Å². The van der Waals surface area contributed by atoms with Crippen LogP contribution < -0.4 is 10.1 Å². The molecule has 0 heterocycles. The number of benzene rings is 2. The van der Waals surface area contributed by atoms with Crippen molar-refractivity contribution in [1.29, 1.82) is 0 Å². The highest BCUT2D eigenvalue weighted by Crippen LogP contribution is 2.23. The molecular formula is C25H32Cl2N2O3. The summed E-state index contributed by atoms with van der Waals surface area (Å²) in [5.74, 6) is 0.478. The fourth-order valence-corrected chi connectivity index (χ4v) is 3.61. The number of nitrogens with one attached hydrogen (secondary N) is 1. The number of carbonyl (C=O) groups is 2. The van der Waals surface area contributed by atoms with Gasteiger partial charge in [-0.3, -0.25) is 9.59 Å². The minimum Gasteiger partial charge on any atom is -0.494 e. The maximum Gasteiger partial charge on any atom is 0.242 e. The van der Waals surface area contributed by atoms with Crippen molar-refractivity contribution in [3.05, 3.63) is 63.6 Å². The average molecular weight is 479 g/mol. The molecule has 2 aromatic carbocycles. The van der Waals surface area contributed by atoms with Crippen LogP contribution in [0.15, 0.2) is 42.5 Å². The molecule has 0 saturated carbocycles. The highest BCUT2D eigenvalue weighted by molar-refractivity contribution is 6.35. The molecule has 2 amide bonds. The van der Waals surface area contributed by atoms with Crippen molar-refractivity contribution in [2.75, 3.05) is 13.2 Å². The lowest BCUT2D eigenvalue weighted by Gasteiger charge is -2.29. The molecule has 32 heavy (non-hydrogen) atoms. The third-order valence-electron chi connectivity index (χ3n) is 5.18. The molecule has 1 atom stereocenters. The molecular weight excluding hydrogens is 447 g/mol. The Bertz CT molecular complexity index is 887. The van der Waals surface area contributed by atoms with Crippen LogP contribution in [-0.4, -0.2) is 35.9 Å². The molecule has 0 fully saturated rings. The van der Waals surface area contributed by atoms with Gasteiger partial charge in [-0.15, -0.1) is 0 Å². The zero-order valence-electron chi connectivity index (χ0n) is 19.0. The number of hydrogen-bond donors (Lipinski definition) is 1. The molecule has 7 heteroatoms. The summed E-state index contributed by atoms with van der Waals surface area (Å²) in [6.45, 7) is 7.06. The predicted molar refractivity (Wildman–Crippen MR) is 130 cm³/mol. The van der Waals surface area contributed by atoms with Gasteiger partial charge in [0.2, 0.25) is 11.8 Å². The fourth-order valence-electron chi connectivity index (χ4n) is 3.14. The van der Waals surface area contributed by atoms with Crippen LogP contribution in [0.2, 0.25) is 10.0 Å². The van der Waals surface area contributed by atoms with E-state index in [-0.39, 0.29) is 24.8 Å². The maximum absolute atomic E-state index is 13.1. The molecule has 0 aliphatic heterocycles. The Morgan fingerprint density at radius 1 is 1.09 bits per heavy atom. The van der Waals surface area contributed by atoms with Gasteiger partial charge in [0, 0.05) is 29.6 Å². The molecule has 1 unspecified atom stereocenters. The Morgan fingerprint density at radius 2 is 1.81 bits per heavy atom. The van der Waals surface area contributed by atoms with Crippen LogP contribution in [0.1, 0.15) is 50.7 Å². The summed E-state index contributed by atoms with van der Waals surface area (Å²) >= 11 is 12.3. The van der Waals surface area contributed by atoms with Crippen LogP contribution in [-0.2, 0) is 16.1 Å². The van der Waals surface area contributed by atoms with E-state index in [1.54, 1.807) is 30.0 Å². The standard InChI is InChI=1S/C25H32Cl2N2O3/c1-4-5-14-28-25(31)19(3)29(17-20-10-11-21(26)16-23(20)27)24(30)7-6-15-32-22-12-8-18(2)9-13-22/h8-13,16,19H,4-7,14-15,17H2,1-3H3,(H,28,31). The van der Waals surface area contributed by atoms with Crippen LogP contribution in [0.3, 0.4) is 0 Å². The summed E-state index contributed by atoms with van der Waals surface area (Å²) in [5, 5.41) is 3.90. The first-order valence-corrected chi connectivity index (χ1v) is 11.8. The van der Waals surface area contributed by atoms with Crippen molar-refractivity contribution in [2.24, 2.45) is 0 Å². The van der Waals surface area contributed by atoms with E-state index >= 15 is 0 Å². The molecule has 0 radical (unpaired) electrons. The molecule has 2 aromatic rings. The zero-order chi connectivity index (χ0) is 23.5. The summed E-state index contributed by atoms with van der Waals surface area (Å²) < 4.78 is 5.73. The third kappa shape index (κ3) is 8.36. The SMILES string of the molecule is CCCCNC(=O)C(C)N(Cc1ccc(Cl)cc1Cl)C(=O)CCCOc1ccc(C)cc1. The number of ether oxygens (including phenoxy) is 1. The monoisotopic (exact) mass is 478 g/mol. The fraction of sp³-hybridized carbons (Fsp3) is 0.440. The summed E-state index contributed by atoms with van der Waals surface area (Å²) in [6, 6.07) is 12.3. The van der Waals surface area contributed by atoms with Crippen molar-refractivity contribution >= 4 is 35.0 Å². The van der Waals surface area contributed by atoms with Gasteiger partial charge < -0.3 is 15.0 Å². The molecule has 174 valence electrons. The van der Waals surface area contributed by atoms with Gasteiger partial charge in [-0.2, -0.15) is 0 Å². The van der Waals surface area contributed by atoms with E-state index in [1.165, 1.54) is 0 Å². The first-order chi connectivity index (χ1) is 15.3. The van der Waals surface area contributed by atoms with Crippen molar-refractivity contribution in [3.8, 4) is 5.75 Å². The van der Waals surface area contributed by atoms with Gasteiger partial charge in [-0.05, 0) is 56.5 Å². The van der Waals surface area contributed by atoms with E-state index in [0.29, 0.717) is 29.6 Å².